The molecule has 0 aromatic carbocycles. The van der Waals surface area contributed by atoms with Crippen LogP contribution in [0.25, 0.3) is 0 Å². The van der Waals surface area contributed by atoms with Crippen molar-refractivity contribution in [2.45, 2.75) is 38.8 Å². The SMILES string of the molecule is CCC(=O)N1CCC(Oc2ncnc3c2CN(c2c[nH]c(=O)c(C#N)c2)CC3)C1. The Kier molecular flexibility index (Phi) is 5.16. The van der Waals surface area contributed by atoms with E-state index in [-0.39, 0.29) is 17.6 Å². The lowest BCUT2D eigenvalue weighted by Crippen LogP contribution is -2.33. The molecule has 1 amide bonds. The zero-order valence-corrected chi connectivity index (χ0v) is 16.2. The maximum absolute atomic E-state index is 11.9. The van der Waals surface area contributed by atoms with Crippen molar-refractivity contribution in [2.24, 2.45) is 0 Å². The number of rotatable bonds is 4. The zero-order valence-electron chi connectivity index (χ0n) is 16.2. The summed E-state index contributed by atoms with van der Waals surface area (Å²) in [5.74, 6) is 0.679. The van der Waals surface area contributed by atoms with Gasteiger partial charge in [-0.3, -0.25) is 9.59 Å². The molecule has 2 aromatic rings. The van der Waals surface area contributed by atoms with Crippen LogP contribution in [0.4, 0.5) is 5.69 Å². The largest absolute Gasteiger partial charge is 0.472 e. The van der Waals surface area contributed by atoms with E-state index in [1.165, 1.54) is 6.33 Å². The normalized spacial score (nSPS) is 18.3. The number of nitrogens with zero attached hydrogens (tertiary/aromatic N) is 5. The summed E-state index contributed by atoms with van der Waals surface area (Å²) in [5, 5.41) is 9.12. The minimum atomic E-state index is -0.395. The quantitative estimate of drug-likeness (QED) is 0.822. The summed E-state index contributed by atoms with van der Waals surface area (Å²) in [6, 6.07) is 3.52. The average Bonchev–Trinajstić information content (AvgIpc) is 3.22. The Morgan fingerprint density at radius 2 is 2.28 bits per heavy atom. The number of aromatic nitrogens is 3. The van der Waals surface area contributed by atoms with Crippen LogP contribution in [0.3, 0.4) is 0 Å². The first kappa shape index (κ1) is 18.9. The van der Waals surface area contributed by atoms with E-state index >= 15 is 0 Å². The number of hydrogen-bond donors (Lipinski definition) is 1. The first-order valence-electron chi connectivity index (χ1n) is 9.74. The third kappa shape index (κ3) is 3.78. The van der Waals surface area contributed by atoms with Gasteiger partial charge in [-0.25, -0.2) is 9.97 Å². The van der Waals surface area contributed by atoms with E-state index in [9.17, 15) is 9.59 Å². The summed E-state index contributed by atoms with van der Waals surface area (Å²) >= 11 is 0. The molecule has 0 saturated carbocycles. The highest BCUT2D eigenvalue weighted by atomic mass is 16.5. The first-order chi connectivity index (χ1) is 14.1. The second-order valence-electron chi connectivity index (χ2n) is 7.21. The number of nitriles is 1. The van der Waals surface area contributed by atoms with Crippen LogP contribution in [0.15, 0.2) is 23.4 Å². The van der Waals surface area contributed by atoms with Crippen LogP contribution in [0.2, 0.25) is 0 Å². The van der Waals surface area contributed by atoms with E-state index in [1.807, 2.05) is 17.9 Å². The monoisotopic (exact) mass is 394 g/mol. The number of anilines is 1. The minimum Gasteiger partial charge on any atom is -0.472 e. The van der Waals surface area contributed by atoms with Gasteiger partial charge in [0.05, 0.1) is 30.0 Å². The first-order valence-corrected chi connectivity index (χ1v) is 9.74. The third-order valence-corrected chi connectivity index (χ3v) is 5.41. The summed E-state index contributed by atoms with van der Waals surface area (Å²) in [4.78, 5) is 38.8. The predicted molar refractivity (Wildman–Crippen MR) is 104 cm³/mol. The van der Waals surface area contributed by atoms with Crippen molar-refractivity contribution in [3.8, 4) is 11.9 Å². The molecule has 2 aliphatic heterocycles. The van der Waals surface area contributed by atoms with Crippen molar-refractivity contribution in [3.63, 3.8) is 0 Å². The molecule has 0 aliphatic carbocycles. The van der Waals surface area contributed by atoms with Gasteiger partial charge in [-0.15, -0.1) is 0 Å². The number of ether oxygens (including phenoxy) is 1. The van der Waals surface area contributed by atoms with Gasteiger partial charge in [-0.1, -0.05) is 6.92 Å². The van der Waals surface area contributed by atoms with E-state index in [2.05, 4.69) is 19.9 Å². The van der Waals surface area contributed by atoms with Gasteiger partial charge >= 0.3 is 0 Å². The molecule has 0 bridgehead atoms. The number of H-pyrrole nitrogens is 1. The second-order valence-corrected chi connectivity index (χ2v) is 7.21. The lowest BCUT2D eigenvalue weighted by atomic mass is 10.1. The van der Waals surface area contributed by atoms with Crippen molar-refractivity contribution in [1.82, 2.24) is 19.9 Å². The Morgan fingerprint density at radius 3 is 3.07 bits per heavy atom. The van der Waals surface area contributed by atoms with Crippen LogP contribution >= 0.6 is 0 Å². The summed E-state index contributed by atoms with van der Waals surface area (Å²) in [6.07, 6.45) is 5.03. The Labute approximate surface area is 167 Å². The molecule has 1 N–H and O–H groups in total. The van der Waals surface area contributed by atoms with Crippen LogP contribution in [0, 0.1) is 11.3 Å². The van der Waals surface area contributed by atoms with Crippen molar-refractivity contribution >= 4 is 11.6 Å². The number of hydrogen-bond acceptors (Lipinski definition) is 7. The van der Waals surface area contributed by atoms with Crippen molar-refractivity contribution in [3.05, 3.63) is 45.8 Å². The summed E-state index contributed by atoms with van der Waals surface area (Å²) in [6.45, 7) is 4.36. The Hall–Kier alpha value is -3.41. The van der Waals surface area contributed by atoms with Gasteiger partial charge in [0.15, 0.2) is 0 Å². The number of carbonyl (C=O) groups is 1. The number of pyridine rings is 1. The molecule has 0 radical (unpaired) electrons. The molecule has 1 unspecified atom stereocenters. The van der Waals surface area contributed by atoms with E-state index in [0.717, 1.165) is 23.4 Å². The highest BCUT2D eigenvalue weighted by Crippen LogP contribution is 2.29. The topological polar surface area (TPSA) is 115 Å². The Morgan fingerprint density at radius 1 is 1.41 bits per heavy atom. The van der Waals surface area contributed by atoms with Crippen molar-refractivity contribution in [2.75, 3.05) is 24.5 Å². The third-order valence-electron chi connectivity index (χ3n) is 5.41. The second kappa shape index (κ2) is 7.91. The fourth-order valence-corrected chi connectivity index (χ4v) is 3.81. The smallest absolute Gasteiger partial charge is 0.265 e. The van der Waals surface area contributed by atoms with E-state index in [1.54, 1.807) is 12.3 Å². The van der Waals surface area contributed by atoms with Gasteiger partial charge in [-0.05, 0) is 6.07 Å². The van der Waals surface area contributed by atoms with Crippen LogP contribution in [-0.2, 0) is 17.8 Å². The van der Waals surface area contributed by atoms with Gasteiger partial charge in [0.25, 0.3) is 5.56 Å². The summed E-state index contributed by atoms with van der Waals surface area (Å²) in [5.41, 5.74) is 2.30. The standard InChI is InChI=1S/C20H22N6O3/c1-2-18(27)26-5-3-15(10-26)29-20-16-11-25(6-4-17(16)23-12-24-20)14-7-13(8-21)19(28)22-9-14/h7,9,12,15H,2-6,10-11H2,1H3,(H,22,28). The van der Waals surface area contributed by atoms with E-state index in [0.29, 0.717) is 44.9 Å². The number of amides is 1. The highest BCUT2D eigenvalue weighted by Gasteiger charge is 2.29. The molecular formula is C20H22N6O3. The maximum atomic E-state index is 11.9. The number of aromatic amines is 1. The molecular weight excluding hydrogens is 372 g/mol. The van der Waals surface area contributed by atoms with Crippen molar-refractivity contribution in [1.29, 1.82) is 5.26 Å². The van der Waals surface area contributed by atoms with E-state index in [4.69, 9.17) is 10.00 Å². The molecule has 9 heteroatoms. The number of likely N-dealkylation sites (tertiary alicyclic amines) is 1. The minimum absolute atomic E-state index is 0.0840. The molecule has 2 aromatic heterocycles. The number of nitrogens with one attached hydrogen (secondary N) is 1. The highest BCUT2D eigenvalue weighted by molar-refractivity contribution is 5.76. The number of carbonyl (C=O) groups excluding carboxylic acids is 1. The van der Waals surface area contributed by atoms with Crippen LogP contribution in [-0.4, -0.2) is 51.5 Å². The fraction of sp³-hybridized carbons (Fsp3) is 0.450. The lowest BCUT2D eigenvalue weighted by Gasteiger charge is -2.31. The molecule has 4 heterocycles. The van der Waals surface area contributed by atoms with Crippen LogP contribution in [0.1, 0.15) is 36.6 Å². The number of fused-ring (bicyclic) bond motifs is 1. The summed E-state index contributed by atoms with van der Waals surface area (Å²) < 4.78 is 6.17. The average molecular weight is 394 g/mol. The molecule has 4 rings (SSSR count). The van der Waals surface area contributed by atoms with Gasteiger partial charge in [0, 0.05) is 38.5 Å². The maximum Gasteiger partial charge on any atom is 0.265 e. The van der Waals surface area contributed by atoms with Gasteiger partial charge in [-0.2, -0.15) is 5.26 Å². The molecule has 9 nitrogen and oxygen atoms in total. The van der Waals surface area contributed by atoms with Crippen LogP contribution < -0.4 is 15.2 Å². The molecule has 29 heavy (non-hydrogen) atoms. The van der Waals surface area contributed by atoms with Gasteiger partial charge in [0.2, 0.25) is 11.8 Å². The molecule has 1 fully saturated rings. The molecule has 2 aliphatic rings. The molecule has 1 atom stereocenters. The Balaban J connectivity index is 1.53. The van der Waals surface area contributed by atoms with Crippen molar-refractivity contribution < 1.29 is 9.53 Å². The lowest BCUT2D eigenvalue weighted by molar-refractivity contribution is -0.130. The zero-order chi connectivity index (χ0) is 20.4. The van der Waals surface area contributed by atoms with Crippen LogP contribution in [0.5, 0.6) is 5.88 Å². The van der Waals surface area contributed by atoms with Gasteiger partial charge < -0.3 is 19.5 Å². The molecule has 150 valence electrons. The fourth-order valence-electron chi connectivity index (χ4n) is 3.81. The van der Waals surface area contributed by atoms with E-state index < -0.39 is 5.56 Å². The molecule has 0 spiro atoms. The predicted octanol–water partition coefficient (Wildman–Crippen LogP) is 0.989. The molecule has 1 saturated heterocycles. The Bertz CT molecular complexity index is 1030. The summed E-state index contributed by atoms with van der Waals surface area (Å²) in [7, 11) is 0. The van der Waals surface area contributed by atoms with Gasteiger partial charge in [0.1, 0.15) is 24.1 Å².